The van der Waals surface area contributed by atoms with Crippen LogP contribution in [0, 0.1) is 0 Å². The van der Waals surface area contributed by atoms with Gasteiger partial charge in [-0.05, 0) is 31.0 Å². The molecule has 0 heterocycles. The van der Waals surface area contributed by atoms with Crippen LogP contribution in [0.1, 0.15) is 31.9 Å². The van der Waals surface area contributed by atoms with Crippen LogP contribution in [0.4, 0.5) is 0 Å². The van der Waals surface area contributed by atoms with Crippen LogP contribution in [-0.4, -0.2) is 26.2 Å². The van der Waals surface area contributed by atoms with E-state index in [2.05, 4.69) is 5.32 Å². The van der Waals surface area contributed by atoms with E-state index in [0.717, 1.165) is 12.0 Å². The van der Waals surface area contributed by atoms with Gasteiger partial charge in [0.15, 0.2) is 11.5 Å². The second-order valence-electron chi connectivity index (χ2n) is 4.37. The van der Waals surface area contributed by atoms with Gasteiger partial charge in [0.2, 0.25) is 5.91 Å². The molecular formula is C14H22N2O3. The molecule has 2 unspecified atom stereocenters. The van der Waals surface area contributed by atoms with E-state index in [1.165, 1.54) is 0 Å². The van der Waals surface area contributed by atoms with Gasteiger partial charge in [-0.3, -0.25) is 10.1 Å². The Morgan fingerprint density at radius 2 is 1.95 bits per heavy atom. The van der Waals surface area contributed by atoms with Gasteiger partial charge in [0.05, 0.1) is 20.3 Å². The minimum atomic E-state index is -0.377. The number of carbonyl (C=O) groups is 1. The maximum atomic E-state index is 11.1. The normalized spacial score (nSPS) is 13.7. The maximum absolute atomic E-state index is 11.1. The molecular weight excluding hydrogens is 244 g/mol. The van der Waals surface area contributed by atoms with Gasteiger partial charge in [0.1, 0.15) is 0 Å². The third-order valence-corrected chi connectivity index (χ3v) is 3.10. The van der Waals surface area contributed by atoms with Crippen molar-refractivity contribution in [3.8, 4) is 11.5 Å². The van der Waals surface area contributed by atoms with E-state index in [0.29, 0.717) is 11.5 Å². The van der Waals surface area contributed by atoms with Crippen molar-refractivity contribution in [1.29, 1.82) is 0 Å². The zero-order valence-electron chi connectivity index (χ0n) is 11.9. The molecule has 19 heavy (non-hydrogen) atoms. The van der Waals surface area contributed by atoms with E-state index in [-0.39, 0.29) is 18.0 Å². The van der Waals surface area contributed by atoms with Crippen LogP contribution in [-0.2, 0) is 4.79 Å². The molecule has 0 saturated carbocycles. The molecule has 2 atom stereocenters. The highest BCUT2D eigenvalue weighted by molar-refractivity contribution is 5.79. The largest absolute Gasteiger partial charge is 0.493 e. The van der Waals surface area contributed by atoms with Crippen LogP contribution in [0.25, 0.3) is 0 Å². The number of nitrogens with two attached hydrogens (primary N) is 1. The van der Waals surface area contributed by atoms with Crippen LogP contribution in [0.3, 0.4) is 0 Å². The highest BCUT2D eigenvalue weighted by Crippen LogP contribution is 2.30. The van der Waals surface area contributed by atoms with E-state index < -0.39 is 0 Å². The lowest BCUT2D eigenvalue weighted by atomic mass is 10.0. The molecule has 0 bridgehead atoms. The fourth-order valence-electron chi connectivity index (χ4n) is 1.90. The summed E-state index contributed by atoms with van der Waals surface area (Å²) in [5.41, 5.74) is 6.31. The molecule has 0 aliphatic carbocycles. The van der Waals surface area contributed by atoms with Crippen molar-refractivity contribution in [1.82, 2.24) is 5.32 Å². The summed E-state index contributed by atoms with van der Waals surface area (Å²) in [5, 5.41) is 3.20. The predicted octanol–water partition coefficient (Wildman–Crippen LogP) is 1.62. The number of ether oxygens (including phenoxy) is 2. The van der Waals surface area contributed by atoms with Crippen LogP contribution >= 0.6 is 0 Å². The molecule has 0 aliphatic heterocycles. The minimum absolute atomic E-state index is 0.0438. The summed E-state index contributed by atoms with van der Waals surface area (Å²) in [4.78, 5) is 11.1. The summed E-state index contributed by atoms with van der Waals surface area (Å²) in [6.07, 6.45) is 0.840. The second kappa shape index (κ2) is 6.99. The molecule has 5 nitrogen and oxygen atoms in total. The summed E-state index contributed by atoms with van der Waals surface area (Å²) >= 11 is 0. The van der Waals surface area contributed by atoms with Gasteiger partial charge >= 0.3 is 0 Å². The van der Waals surface area contributed by atoms with E-state index in [1.54, 1.807) is 21.1 Å². The van der Waals surface area contributed by atoms with Crippen molar-refractivity contribution in [2.24, 2.45) is 5.73 Å². The first kappa shape index (κ1) is 15.3. The van der Waals surface area contributed by atoms with Gasteiger partial charge in [-0.25, -0.2) is 0 Å². The Labute approximate surface area is 114 Å². The minimum Gasteiger partial charge on any atom is -0.493 e. The number of amides is 1. The predicted molar refractivity (Wildman–Crippen MR) is 74.4 cm³/mol. The molecule has 0 aromatic heterocycles. The van der Waals surface area contributed by atoms with Gasteiger partial charge in [0.25, 0.3) is 0 Å². The number of primary amides is 1. The quantitative estimate of drug-likeness (QED) is 0.786. The molecule has 1 rings (SSSR count). The Hall–Kier alpha value is -1.75. The van der Waals surface area contributed by atoms with Crippen molar-refractivity contribution in [2.45, 2.75) is 32.4 Å². The number of nitrogens with one attached hydrogen (secondary N) is 1. The second-order valence-corrected chi connectivity index (χ2v) is 4.37. The molecule has 1 aromatic rings. The average Bonchev–Trinajstić information content (AvgIpc) is 2.43. The SMILES string of the molecule is CCC(NC(C)C(N)=O)c1ccc(OC)c(OC)c1. The zero-order valence-corrected chi connectivity index (χ0v) is 11.9. The molecule has 0 spiro atoms. The number of hydrogen-bond donors (Lipinski definition) is 2. The highest BCUT2D eigenvalue weighted by Gasteiger charge is 2.17. The number of carbonyl (C=O) groups excluding carboxylic acids is 1. The number of rotatable bonds is 7. The van der Waals surface area contributed by atoms with Crippen molar-refractivity contribution in [2.75, 3.05) is 14.2 Å². The third kappa shape index (κ3) is 3.86. The molecule has 1 amide bonds. The lowest BCUT2D eigenvalue weighted by molar-refractivity contribution is -0.119. The molecule has 1 aromatic carbocycles. The first-order chi connectivity index (χ1) is 9.03. The van der Waals surface area contributed by atoms with E-state index >= 15 is 0 Å². The van der Waals surface area contributed by atoms with Gasteiger partial charge < -0.3 is 15.2 Å². The fourth-order valence-corrected chi connectivity index (χ4v) is 1.90. The van der Waals surface area contributed by atoms with Crippen LogP contribution in [0.15, 0.2) is 18.2 Å². The van der Waals surface area contributed by atoms with Gasteiger partial charge in [-0.15, -0.1) is 0 Å². The van der Waals surface area contributed by atoms with Crippen molar-refractivity contribution < 1.29 is 14.3 Å². The fraction of sp³-hybridized carbons (Fsp3) is 0.500. The highest BCUT2D eigenvalue weighted by atomic mass is 16.5. The third-order valence-electron chi connectivity index (χ3n) is 3.10. The van der Waals surface area contributed by atoms with Crippen LogP contribution in [0.2, 0.25) is 0 Å². The van der Waals surface area contributed by atoms with Crippen molar-refractivity contribution >= 4 is 5.91 Å². The van der Waals surface area contributed by atoms with Gasteiger partial charge in [-0.1, -0.05) is 13.0 Å². The van der Waals surface area contributed by atoms with Crippen LogP contribution < -0.4 is 20.5 Å². The molecule has 106 valence electrons. The first-order valence-corrected chi connectivity index (χ1v) is 6.30. The topological polar surface area (TPSA) is 73.6 Å². The summed E-state index contributed by atoms with van der Waals surface area (Å²) < 4.78 is 10.5. The van der Waals surface area contributed by atoms with E-state index in [9.17, 15) is 4.79 Å². The molecule has 0 saturated heterocycles. The number of methoxy groups -OCH3 is 2. The smallest absolute Gasteiger partial charge is 0.234 e. The summed E-state index contributed by atoms with van der Waals surface area (Å²) in [6.45, 7) is 3.80. The molecule has 5 heteroatoms. The summed E-state index contributed by atoms with van der Waals surface area (Å²) in [7, 11) is 3.20. The summed E-state index contributed by atoms with van der Waals surface area (Å²) in [5.74, 6) is 0.995. The summed E-state index contributed by atoms with van der Waals surface area (Å²) in [6, 6.07) is 5.39. The van der Waals surface area contributed by atoms with Crippen LogP contribution in [0.5, 0.6) is 11.5 Å². The Bertz CT molecular complexity index is 435. The zero-order chi connectivity index (χ0) is 14.4. The lowest BCUT2D eigenvalue weighted by Crippen LogP contribution is -2.40. The monoisotopic (exact) mass is 266 g/mol. The molecule has 0 radical (unpaired) electrons. The van der Waals surface area contributed by atoms with Crippen molar-refractivity contribution in [3.05, 3.63) is 23.8 Å². The van der Waals surface area contributed by atoms with E-state index in [1.807, 2.05) is 25.1 Å². The number of benzene rings is 1. The molecule has 0 fully saturated rings. The molecule has 0 aliphatic rings. The molecule has 3 N–H and O–H groups in total. The average molecular weight is 266 g/mol. The maximum Gasteiger partial charge on any atom is 0.234 e. The van der Waals surface area contributed by atoms with Gasteiger partial charge in [-0.2, -0.15) is 0 Å². The first-order valence-electron chi connectivity index (χ1n) is 6.30. The Morgan fingerprint density at radius 1 is 1.32 bits per heavy atom. The standard InChI is InChI=1S/C14H22N2O3/c1-5-11(16-9(2)14(15)17)10-6-7-12(18-3)13(8-10)19-4/h6-9,11,16H,5H2,1-4H3,(H2,15,17). The Morgan fingerprint density at radius 3 is 2.42 bits per heavy atom. The Kier molecular flexibility index (Phi) is 5.63. The Balaban J connectivity index is 2.95. The number of hydrogen-bond acceptors (Lipinski definition) is 4. The lowest BCUT2D eigenvalue weighted by Gasteiger charge is -2.21. The van der Waals surface area contributed by atoms with Gasteiger partial charge in [0, 0.05) is 6.04 Å². The van der Waals surface area contributed by atoms with Crippen molar-refractivity contribution in [3.63, 3.8) is 0 Å². The van der Waals surface area contributed by atoms with E-state index in [4.69, 9.17) is 15.2 Å².